The SMILES string of the molecule is CC(C)CC1NC=CN1. The Hall–Kier alpha value is -0.660. The van der Waals surface area contributed by atoms with Crippen LogP contribution in [0.5, 0.6) is 0 Å². The fourth-order valence-electron chi connectivity index (χ4n) is 0.984. The molecule has 0 aromatic rings. The average molecular weight is 126 g/mol. The van der Waals surface area contributed by atoms with E-state index in [-0.39, 0.29) is 0 Å². The van der Waals surface area contributed by atoms with E-state index in [1.165, 1.54) is 6.42 Å². The highest BCUT2D eigenvalue weighted by atomic mass is 15.1. The van der Waals surface area contributed by atoms with Crippen LogP contribution < -0.4 is 10.6 Å². The topological polar surface area (TPSA) is 24.1 Å². The summed E-state index contributed by atoms with van der Waals surface area (Å²) in [5.41, 5.74) is 0. The zero-order valence-electron chi connectivity index (χ0n) is 6.02. The van der Waals surface area contributed by atoms with Crippen LogP contribution in [0.15, 0.2) is 12.4 Å². The molecule has 1 aliphatic heterocycles. The van der Waals surface area contributed by atoms with Crippen molar-refractivity contribution < 1.29 is 0 Å². The average Bonchev–Trinajstić information content (AvgIpc) is 2.15. The second-order valence-electron chi connectivity index (χ2n) is 2.85. The molecule has 0 unspecified atom stereocenters. The molecule has 2 N–H and O–H groups in total. The van der Waals surface area contributed by atoms with Gasteiger partial charge in [0.05, 0.1) is 6.17 Å². The molecule has 9 heavy (non-hydrogen) atoms. The van der Waals surface area contributed by atoms with Crippen LogP contribution in [0.4, 0.5) is 0 Å². The molecule has 0 aromatic heterocycles. The third-order valence-electron chi connectivity index (χ3n) is 1.39. The molecule has 0 aromatic carbocycles. The summed E-state index contributed by atoms with van der Waals surface area (Å²) in [4.78, 5) is 0. The van der Waals surface area contributed by atoms with Crippen LogP contribution in [0.25, 0.3) is 0 Å². The molecule has 1 rings (SSSR count). The van der Waals surface area contributed by atoms with E-state index in [0.717, 1.165) is 5.92 Å². The molecule has 0 amide bonds. The van der Waals surface area contributed by atoms with Crippen molar-refractivity contribution in [2.75, 3.05) is 0 Å². The minimum atomic E-state index is 0.477. The predicted molar refractivity (Wildman–Crippen MR) is 38.7 cm³/mol. The highest BCUT2D eigenvalue weighted by Gasteiger charge is 2.08. The van der Waals surface area contributed by atoms with Gasteiger partial charge in [-0.25, -0.2) is 0 Å². The fourth-order valence-corrected chi connectivity index (χ4v) is 0.984. The molecule has 1 aliphatic rings. The van der Waals surface area contributed by atoms with Gasteiger partial charge in [-0.1, -0.05) is 13.8 Å². The lowest BCUT2D eigenvalue weighted by Gasteiger charge is -2.13. The number of nitrogens with one attached hydrogen (secondary N) is 2. The van der Waals surface area contributed by atoms with Crippen molar-refractivity contribution >= 4 is 0 Å². The molecule has 52 valence electrons. The summed E-state index contributed by atoms with van der Waals surface area (Å²) in [5, 5.41) is 6.39. The Kier molecular flexibility index (Phi) is 1.98. The van der Waals surface area contributed by atoms with E-state index < -0.39 is 0 Å². The van der Waals surface area contributed by atoms with Gasteiger partial charge in [0.1, 0.15) is 0 Å². The van der Waals surface area contributed by atoms with Gasteiger partial charge in [-0.3, -0.25) is 0 Å². The summed E-state index contributed by atoms with van der Waals surface area (Å²) >= 11 is 0. The monoisotopic (exact) mass is 126 g/mol. The second-order valence-corrected chi connectivity index (χ2v) is 2.85. The van der Waals surface area contributed by atoms with Crippen molar-refractivity contribution in [2.45, 2.75) is 26.4 Å². The zero-order valence-corrected chi connectivity index (χ0v) is 6.02. The Balaban J connectivity index is 2.14. The zero-order chi connectivity index (χ0) is 6.69. The molecule has 0 radical (unpaired) electrons. The summed E-state index contributed by atoms with van der Waals surface area (Å²) in [6.45, 7) is 4.45. The molecule has 2 heteroatoms. The van der Waals surface area contributed by atoms with Gasteiger partial charge in [0.2, 0.25) is 0 Å². The van der Waals surface area contributed by atoms with E-state index in [0.29, 0.717) is 6.17 Å². The Morgan fingerprint density at radius 2 is 1.89 bits per heavy atom. The largest absolute Gasteiger partial charge is 0.370 e. The molecule has 1 heterocycles. The first-order valence-electron chi connectivity index (χ1n) is 3.46. The lowest BCUT2D eigenvalue weighted by atomic mass is 10.1. The molecule has 2 nitrogen and oxygen atoms in total. The van der Waals surface area contributed by atoms with Gasteiger partial charge in [0.25, 0.3) is 0 Å². The summed E-state index contributed by atoms with van der Waals surface area (Å²) in [7, 11) is 0. The fraction of sp³-hybridized carbons (Fsp3) is 0.714. The lowest BCUT2D eigenvalue weighted by Crippen LogP contribution is -2.31. The van der Waals surface area contributed by atoms with E-state index in [9.17, 15) is 0 Å². The Morgan fingerprint density at radius 3 is 2.33 bits per heavy atom. The number of hydrogen-bond acceptors (Lipinski definition) is 2. The van der Waals surface area contributed by atoms with Gasteiger partial charge >= 0.3 is 0 Å². The minimum absolute atomic E-state index is 0.477. The maximum Gasteiger partial charge on any atom is 0.0958 e. The molecule has 0 saturated heterocycles. The van der Waals surface area contributed by atoms with Crippen molar-refractivity contribution in [3.63, 3.8) is 0 Å². The second kappa shape index (κ2) is 2.76. The van der Waals surface area contributed by atoms with E-state index in [2.05, 4.69) is 24.5 Å². The maximum absolute atomic E-state index is 3.20. The number of rotatable bonds is 2. The van der Waals surface area contributed by atoms with Crippen molar-refractivity contribution in [2.24, 2.45) is 5.92 Å². The molecule has 0 fully saturated rings. The van der Waals surface area contributed by atoms with Gasteiger partial charge in [-0.05, 0) is 12.3 Å². The van der Waals surface area contributed by atoms with Crippen LogP contribution in [-0.4, -0.2) is 6.17 Å². The van der Waals surface area contributed by atoms with Gasteiger partial charge in [-0.15, -0.1) is 0 Å². The van der Waals surface area contributed by atoms with Gasteiger partial charge in [0, 0.05) is 12.4 Å². The Labute approximate surface area is 56.3 Å². The van der Waals surface area contributed by atoms with Crippen LogP contribution in [0, 0.1) is 5.92 Å². The van der Waals surface area contributed by atoms with Crippen molar-refractivity contribution in [1.82, 2.24) is 10.6 Å². The lowest BCUT2D eigenvalue weighted by molar-refractivity contribution is 0.443. The first-order chi connectivity index (χ1) is 4.29. The van der Waals surface area contributed by atoms with E-state index in [1.54, 1.807) is 0 Å². The molecule has 0 saturated carbocycles. The summed E-state index contributed by atoms with van der Waals surface area (Å²) in [5.74, 6) is 0.759. The molecule has 0 atom stereocenters. The molecular formula is C7H14N2. The van der Waals surface area contributed by atoms with Crippen LogP contribution in [-0.2, 0) is 0 Å². The Bertz CT molecular complexity index is 99.5. The van der Waals surface area contributed by atoms with Crippen LogP contribution in [0.3, 0.4) is 0 Å². The van der Waals surface area contributed by atoms with Crippen LogP contribution in [0.2, 0.25) is 0 Å². The summed E-state index contributed by atoms with van der Waals surface area (Å²) in [6.07, 6.45) is 5.57. The Morgan fingerprint density at radius 1 is 1.33 bits per heavy atom. The molecule has 0 spiro atoms. The van der Waals surface area contributed by atoms with Gasteiger partial charge < -0.3 is 10.6 Å². The van der Waals surface area contributed by atoms with Crippen molar-refractivity contribution in [1.29, 1.82) is 0 Å². The summed E-state index contributed by atoms with van der Waals surface area (Å²) < 4.78 is 0. The maximum atomic E-state index is 3.20. The minimum Gasteiger partial charge on any atom is -0.370 e. The van der Waals surface area contributed by atoms with E-state index in [4.69, 9.17) is 0 Å². The third-order valence-corrected chi connectivity index (χ3v) is 1.39. The normalized spacial score (nSPS) is 18.1. The quantitative estimate of drug-likeness (QED) is 0.577. The van der Waals surface area contributed by atoms with Crippen LogP contribution in [0.1, 0.15) is 20.3 Å². The van der Waals surface area contributed by atoms with Crippen LogP contribution >= 0.6 is 0 Å². The summed E-state index contributed by atoms with van der Waals surface area (Å²) in [6, 6.07) is 0. The van der Waals surface area contributed by atoms with Gasteiger partial charge in [0.15, 0.2) is 0 Å². The molecule has 0 bridgehead atoms. The first kappa shape index (κ1) is 6.46. The molecular weight excluding hydrogens is 112 g/mol. The third kappa shape index (κ3) is 1.96. The number of hydrogen-bond donors (Lipinski definition) is 2. The van der Waals surface area contributed by atoms with E-state index >= 15 is 0 Å². The standard InChI is InChI=1S/C7H14N2/c1-6(2)5-7-8-3-4-9-7/h3-4,6-9H,5H2,1-2H3. The van der Waals surface area contributed by atoms with Crippen molar-refractivity contribution in [3.8, 4) is 0 Å². The highest BCUT2D eigenvalue weighted by molar-refractivity contribution is 4.90. The van der Waals surface area contributed by atoms with Gasteiger partial charge in [-0.2, -0.15) is 0 Å². The first-order valence-corrected chi connectivity index (χ1v) is 3.46. The smallest absolute Gasteiger partial charge is 0.0958 e. The highest BCUT2D eigenvalue weighted by Crippen LogP contribution is 2.03. The molecule has 0 aliphatic carbocycles. The van der Waals surface area contributed by atoms with Crippen molar-refractivity contribution in [3.05, 3.63) is 12.4 Å². The predicted octanol–water partition coefficient (Wildman–Crippen LogP) is 1.02. The van der Waals surface area contributed by atoms with E-state index in [1.807, 2.05) is 12.4 Å².